The number of benzene rings is 1. The Labute approximate surface area is 125 Å². The van der Waals surface area contributed by atoms with Crippen molar-refractivity contribution in [1.29, 1.82) is 0 Å². The lowest BCUT2D eigenvalue weighted by atomic mass is 10.0. The third kappa shape index (κ3) is 4.59. The van der Waals surface area contributed by atoms with Crippen molar-refractivity contribution in [2.24, 2.45) is 0 Å². The van der Waals surface area contributed by atoms with Crippen LogP contribution in [0.25, 0.3) is 0 Å². The van der Waals surface area contributed by atoms with Gasteiger partial charge in [0.2, 0.25) is 6.79 Å². The fourth-order valence-corrected chi connectivity index (χ4v) is 2.37. The van der Waals surface area contributed by atoms with E-state index in [1.54, 1.807) is 18.2 Å². The lowest BCUT2D eigenvalue weighted by Crippen LogP contribution is -2.08. The number of hydrogen-bond donors (Lipinski definition) is 0. The van der Waals surface area contributed by atoms with Crippen molar-refractivity contribution >= 4 is 11.6 Å². The van der Waals surface area contributed by atoms with E-state index in [1.807, 2.05) is 0 Å². The highest BCUT2D eigenvalue weighted by atomic mass is 16.7. The zero-order valence-corrected chi connectivity index (χ0v) is 12.5. The standard InChI is InChI=1S/C17H22O4/c1-2-3-4-5-6-7-14(18)11-15(19)13-8-9-16-17(10-13)21-12-20-16/h8-10H,2-7,11-12H2,1H3. The summed E-state index contributed by atoms with van der Waals surface area (Å²) in [6.07, 6.45) is 6.00. The maximum Gasteiger partial charge on any atom is 0.231 e. The van der Waals surface area contributed by atoms with Crippen molar-refractivity contribution in [3.63, 3.8) is 0 Å². The van der Waals surface area contributed by atoms with E-state index in [2.05, 4.69) is 6.92 Å². The number of carbonyl (C=O) groups is 2. The molecule has 0 saturated carbocycles. The van der Waals surface area contributed by atoms with Crippen LogP contribution in [0.5, 0.6) is 11.5 Å². The summed E-state index contributed by atoms with van der Waals surface area (Å²) in [4.78, 5) is 23.9. The molecule has 0 saturated heterocycles. The van der Waals surface area contributed by atoms with Crippen LogP contribution in [0.3, 0.4) is 0 Å². The molecule has 114 valence electrons. The minimum atomic E-state index is -0.146. The van der Waals surface area contributed by atoms with Gasteiger partial charge in [0.05, 0.1) is 6.42 Å². The minimum absolute atomic E-state index is 0.0204. The van der Waals surface area contributed by atoms with Crippen molar-refractivity contribution in [2.75, 3.05) is 6.79 Å². The summed E-state index contributed by atoms with van der Waals surface area (Å²) in [5, 5.41) is 0. The topological polar surface area (TPSA) is 52.6 Å². The summed E-state index contributed by atoms with van der Waals surface area (Å²) in [6.45, 7) is 2.35. The Balaban J connectivity index is 1.77. The zero-order valence-electron chi connectivity index (χ0n) is 12.5. The first kappa shape index (κ1) is 15.5. The maximum absolute atomic E-state index is 12.1. The third-order valence-electron chi connectivity index (χ3n) is 3.61. The number of hydrogen-bond acceptors (Lipinski definition) is 4. The second kappa shape index (κ2) is 7.81. The number of carbonyl (C=O) groups excluding carboxylic acids is 2. The van der Waals surface area contributed by atoms with Crippen molar-refractivity contribution in [3.8, 4) is 11.5 Å². The average Bonchev–Trinajstić information content (AvgIpc) is 2.94. The molecule has 1 aliphatic heterocycles. The van der Waals surface area contributed by atoms with Gasteiger partial charge in [0.25, 0.3) is 0 Å². The second-order valence-corrected chi connectivity index (χ2v) is 5.37. The molecule has 0 fully saturated rings. The highest BCUT2D eigenvalue weighted by Gasteiger charge is 2.17. The Bertz CT molecular complexity index is 508. The molecule has 0 atom stereocenters. The van der Waals surface area contributed by atoms with E-state index >= 15 is 0 Å². The largest absolute Gasteiger partial charge is 0.454 e. The molecule has 0 unspecified atom stereocenters. The lowest BCUT2D eigenvalue weighted by Gasteiger charge is -2.03. The predicted octanol–water partition coefficient (Wildman–Crippen LogP) is 3.92. The van der Waals surface area contributed by atoms with Crippen molar-refractivity contribution in [1.82, 2.24) is 0 Å². The summed E-state index contributed by atoms with van der Waals surface area (Å²) in [7, 11) is 0. The molecule has 0 aromatic heterocycles. The second-order valence-electron chi connectivity index (χ2n) is 5.37. The van der Waals surface area contributed by atoms with Gasteiger partial charge in [-0.1, -0.05) is 32.6 Å². The normalized spacial score (nSPS) is 12.4. The molecule has 0 amide bonds. The molecule has 2 rings (SSSR count). The third-order valence-corrected chi connectivity index (χ3v) is 3.61. The molecular formula is C17H22O4. The Hall–Kier alpha value is -1.84. The highest BCUT2D eigenvalue weighted by molar-refractivity contribution is 6.08. The van der Waals surface area contributed by atoms with Gasteiger partial charge < -0.3 is 9.47 Å². The average molecular weight is 290 g/mol. The zero-order chi connectivity index (χ0) is 15.1. The summed E-state index contributed by atoms with van der Waals surface area (Å²) >= 11 is 0. The van der Waals surface area contributed by atoms with Gasteiger partial charge in [0, 0.05) is 12.0 Å². The van der Waals surface area contributed by atoms with Crippen LogP contribution in [-0.4, -0.2) is 18.4 Å². The molecule has 0 spiro atoms. The van der Waals surface area contributed by atoms with Gasteiger partial charge >= 0.3 is 0 Å². The molecule has 0 radical (unpaired) electrons. The van der Waals surface area contributed by atoms with E-state index in [9.17, 15) is 9.59 Å². The number of unbranched alkanes of at least 4 members (excludes halogenated alkanes) is 4. The van der Waals surface area contributed by atoms with Gasteiger partial charge in [-0.3, -0.25) is 9.59 Å². The van der Waals surface area contributed by atoms with Crippen molar-refractivity contribution in [2.45, 2.75) is 51.9 Å². The Morgan fingerprint density at radius 1 is 1.05 bits per heavy atom. The van der Waals surface area contributed by atoms with E-state index in [0.717, 1.165) is 12.8 Å². The quantitative estimate of drug-likeness (QED) is 0.393. The van der Waals surface area contributed by atoms with E-state index in [-0.39, 0.29) is 24.8 Å². The van der Waals surface area contributed by atoms with Crippen LogP contribution >= 0.6 is 0 Å². The maximum atomic E-state index is 12.1. The fraction of sp³-hybridized carbons (Fsp3) is 0.529. The SMILES string of the molecule is CCCCCCCC(=O)CC(=O)c1ccc2c(c1)OCO2. The van der Waals surface area contributed by atoms with Crippen LogP contribution in [-0.2, 0) is 4.79 Å². The van der Waals surface area contributed by atoms with Crippen LogP contribution in [0.2, 0.25) is 0 Å². The van der Waals surface area contributed by atoms with Gasteiger partial charge in [-0.2, -0.15) is 0 Å². The smallest absolute Gasteiger partial charge is 0.231 e. The summed E-state index contributed by atoms with van der Waals surface area (Å²) < 4.78 is 10.4. The molecule has 1 aromatic carbocycles. The van der Waals surface area contributed by atoms with E-state index in [4.69, 9.17) is 9.47 Å². The Kier molecular flexibility index (Phi) is 5.78. The molecule has 4 heteroatoms. The first-order chi connectivity index (χ1) is 10.2. The molecule has 0 aliphatic carbocycles. The van der Waals surface area contributed by atoms with E-state index in [1.165, 1.54) is 19.3 Å². The van der Waals surface area contributed by atoms with Crippen LogP contribution in [0.4, 0.5) is 0 Å². The molecular weight excluding hydrogens is 268 g/mol. The van der Waals surface area contributed by atoms with Gasteiger partial charge in [-0.05, 0) is 24.6 Å². The molecule has 21 heavy (non-hydrogen) atoms. The number of ether oxygens (including phenoxy) is 2. The Morgan fingerprint density at radius 2 is 1.81 bits per heavy atom. The number of fused-ring (bicyclic) bond motifs is 1. The van der Waals surface area contributed by atoms with Crippen LogP contribution in [0, 0.1) is 0 Å². The summed E-state index contributed by atoms with van der Waals surface area (Å²) in [5.41, 5.74) is 0.513. The minimum Gasteiger partial charge on any atom is -0.454 e. The molecule has 0 N–H and O–H groups in total. The first-order valence-electron chi connectivity index (χ1n) is 7.65. The first-order valence-corrected chi connectivity index (χ1v) is 7.65. The van der Waals surface area contributed by atoms with E-state index < -0.39 is 0 Å². The van der Waals surface area contributed by atoms with Crippen LogP contribution in [0.15, 0.2) is 18.2 Å². The monoisotopic (exact) mass is 290 g/mol. The molecule has 1 aliphatic rings. The van der Waals surface area contributed by atoms with Gasteiger partial charge in [-0.25, -0.2) is 0 Å². The summed E-state index contributed by atoms with van der Waals surface area (Å²) in [5.74, 6) is 1.10. The van der Waals surface area contributed by atoms with Gasteiger partial charge in [-0.15, -0.1) is 0 Å². The Morgan fingerprint density at radius 3 is 2.62 bits per heavy atom. The molecule has 4 nitrogen and oxygen atoms in total. The molecule has 0 bridgehead atoms. The lowest BCUT2D eigenvalue weighted by molar-refractivity contribution is -0.118. The van der Waals surface area contributed by atoms with Gasteiger partial charge in [0.1, 0.15) is 5.78 Å². The fourth-order valence-electron chi connectivity index (χ4n) is 2.37. The summed E-state index contributed by atoms with van der Waals surface area (Å²) in [6, 6.07) is 5.05. The number of Topliss-reactive ketones (excluding diaryl/α,β-unsaturated/α-hetero) is 2. The van der Waals surface area contributed by atoms with Gasteiger partial charge in [0.15, 0.2) is 17.3 Å². The van der Waals surface area contributed by atoms with Crippen molar-refractivity contribution in [3.05, 3.63) is 23.8 Å². The number of ketones is 2. The van der Waals surface area contributed by atoms with Crippen LogP contribution in [0.1, 0.15) is 62.2 Å². The highest BCUT2D eigenvalue weighted by Crippen LogP contribution is 2.32. The van der Waals surface area contributed by atoms with Crippen LogP contribution < -0.4 is 9.47 Å². The molecule has 1 aromatic rings. The van der Waals surface area contributed by atoms with Crippen molar-refractivity contribution < 1.29 is 19.1 Å². The predicted molar refractivity (Wildman–Crippen MR) is 79.9 cm³/mol. The number of rotatable bonds is 9. The molecule has 1 heterocycles. The van der Waals surface area contributed by atoms with E-state index in [0.29, 0.717) is 23.5 Å².